The summed E-state index contributed by atoms with van der Waals surface area (Å²) in [6.07, 6.45) is -2.86. The number of hydrogen-bond donors (Lipinski definition) is 1. The van der Waals surface area contributed by atoms with Crippen molar-refractivity contribution in [3.05, 3.63) is 65.0 Å². The molecule has 1 aliphatic rings. The summed E-state index contributed by atoms with van der Waals surface area (Å²) < 4.78 is 39.1. The third-order valence-electron chi connectivity index (χ3n) is 3.29. The Hall–Kier alpha value is -2.63. The minimum atomic E-state index is -4.66. The maximum absolute atomic E-state index is 13.0. The van der Waals surface area contributed by atoms with E-state index in [-0.39, 0.29) is 22.3 Å². The quantitative estimate of drug-likeness (QED) is 0.871. The smallest absolute Gasteiger partial charge is 0.418 e. The summed E-state index contributed by atoms with van der Waals surface area (Å²) in [6.45, 7) is 0. The minimum Gasteiger partial charge on any atom is -0.507 e. The third-order valence-corrected chi connectivity index (χ3v) is 3.29. The van der Waals surface area contributed by atoms with Gasteiger partial charge in [0.25, 0.3) is 0 Å². The monoisotopic (exact) mass is 291 g/mol. The predicted molar refractivity (Wildman–Crippen MR) is 69.5 cm³/mol. The molecule has 6 heteroatoms. The topological polar surface area (TPSA) is 50.2 Å². The van der Waals surface area contributed by atoms with Crippen molar-refractivity contribution in [2.75, 3.05) is 0 Å². The summed E-state index contributed by atoms with van der Waals surface area (Å²) in [5.41, 5.74) is -1.33. The second kappa shape index (κ2) is 4.44. The number of halogens is 3. The molecule has 0 aliphatic heterocycles. The van der Waals surface area contributed by atoms with E-state index >= 15 is 0 Å². The van der Waals surface area contributed by atoms with Crippen LogP contribution in [-0.4, -0.2) is 15.9 Å². The number of ketones is 1. The number of allylic oxidation sites excluding steroid dienone is 1. The molecule has 0 atom stereocenters. The van der Waals surface area contributed by atoms with Crippen LogP contribution in [0.15, 0.2) is 42.7 Å². The average Bonchev–Trinajstić information content (AvgIpc) is 2.71. The number of carbonyl (C=O) groups is 1. The number of nitrogens with zero attached hydrogens (tertiary/aromatic N) is 1. The molecule has 0 amide bonds. The molecule has 0 unspecified atom stereocenters. The van der Waals surface area contributed by atoms with Gasteiger partial charge in [-0.3, -0.25) is 9.78 Å². The van der Waals surface area contributed by atoms with Gasteiger partial charge in [-0.15, -0.1) is 0 Å². The van der Waals surface area contributed by atoms with Crippen LogP contribution in [0.1, 0.15) is 27.0 Å². The van der Waals surface area contributed by atoms with Gasteiger partial charge in [0, 0.05) is 29.1 Å². The van der Waals surface area contributed by atoms with Crippen LogP contribution in [0.5, 0.6) is 0 Å². The largest absolute Gasteiger partial charge is 0.507 e. The highest BCUT2D eigenvalue weighted by Gasteiger charge is 2.39. The highest BCUT2D eigenvalue weighted by Crippen LogP contribution is 2.41. The van der Waals surface area contributed by atoms with Gasteiger partial charge in [0.1, 0.15) is 5.76 Å². The molecular formula is C15H8F3NO2. The maximum atomic E-state index is 13.0. The molecule has 106 valence electrons. The van der Waals surface area contributed by atoms with E-state index in [1.807, 2.05) is 0 Å². The fourth-order valence-electron chi connectivity index (χ4n) is 2.35. The van der Waals surface area contributed by atoms with E-state index < -0.39 is 23.3 Å². The molecule has 21 heavy (non-hydrogen) atoms. The Labute approximate surface area is 117 Å². The second-order valence-electron chi connectivity index (χ2n) is 4.52. The number of carbonyl (C=O) groups excluding carboxylic acids is 1. The Morgan fingerprint density at radius 2 is 1.67 bits per heavy atom. The summed E-state index contributed by atoms with van der Waals surface area (Å²) in [6, 6.07) is 7.23. The van der Waals surface area contributed by atoms with E-state index in [0.29, 0.717) is 6.20 Å². The van der Waals surface area contributed by atoms with Gasteiger partial charge in [-0.25, -0.2) is 0 Å². The number of fused-ring (bicyclic) bond motifs is 1. The summed E-state index contributed by atoms with van der Waals surface area (Å²) in [5.74, 6) is -1.06. The molecule has 1 N–H and O–H groups in total. The fraction of sp³-hybridized carbons (Fsp3) is 0.0667. The van der Waals surface area contributed by atoms with Crippen molar-refractivity contribution in [3.63, 3.8) is 0 Å². The zero-order chi connectivity index (χ0) is 15.2. The van der Waals surface area contributed by atoms with E-state index in [9.17, 15) is 23.1 Å². The van der Waals surface area contributed by atoms with Gasteiger partial charge < -0.3 is 5.11 Å². The molecular weight excluding hydrogens is 283 g/mol. The zero-order valence-electron chi connectivity index (χ0n) is 10.5. The number of rotatable bonds is 1. The molecule has 1 aromatic carbocycles. The van der Waals surface area contributed by atoms with Crippen molar-refractivity contribution >= 4 is 17.1 Å². The fourth-order valence-corrected chi connectivity index (χ4v) is 2.35. The van der Waals surface area contributed by atoms with Crippen molar-refractivity contribution in [2.24, 2.45) is 0 Å². The SMILES string of the molecule is O=C1C(c2ccncc2C(F)(F)F)=C(O)c2ccccc21. The van der Waals surface area contributed by atoms with Gasteiger partial charge in [-0.1, -0.05) is 24.3 Å². The molecule has 1 aliphatic carbocycles. The highest BCUT2D eigenvalue weighted by atomic mass is 19.4. The van der Waals surface area contributed by atoms with Gasteiger partial charge >= 0.3 is 6.18 Å². The number of pyridine rings is 1. The first kappa shape index (κ1) is 13.4. The Bertz CT molecular complexity index is 778. The van der Waals surface area contributed by atoms with Crippen LogP contribution in [0, 0.1) is 0 Å². The molecule has 0 radical (unpaired) electrons. The molecule has 0 saturated carbocycles. The lowest BCUT2D eigenvalue weighted by Gasteiger charge is -2.12. The van der Waals surface area contributed by atoms with Gasteiger partial charge in [0.2, 0.25) is 0 Å². The molecule has 1 heterocycles. The minimum absolute atomic E-state index is 0.190. The lowest BCUT2D eigenvalue weighted by molar-refractivity contribution is -0.138. The number of Topliss-reactive ketones (excluding diaryl/α,β-unsaturated/α-hetero) is 1. The number of aliphatic hydroxyl groups is 1. The van der Waals surface area contributed by atoms with Gasteiger partial charge in [-0.05, 0) is 6.07 Å². The van der Waals surface area contributed by atoms with Crippen LogP contribution in [0.3, 0.4) is 0 Å². The Balaban J connectivity index is 2.25. The Kier molecular flexibility index (Phi) is 2.83. The molecule has 1 aromatic heterocycles. The first-order chi connectivity index (χ1) is 9.91. The third kappa shape index (κ3) is 1.99. The number of benzene rings is 1. The number of alkyl halides is 3. The first-order valence-electron chi connectivity index (χ1n) is 6.00. The summed E-state index contributed by atoms with van der Waals surface area (Å²) in [4.78, 5) is 15.7. The summed E-state index contributed by atoms with van der Waals surface area (Å²) in [7, 11) is 0. The average molecular weight is 291 g/mol. The molecule has 3 nitrogen and oxygen atoms in total. The van der Waals surface area contributed by atoms with Crippen molar-refractivity contribution in [2.45, 2.75) is 6.18 Å². The lowest BCUT2D eigenvalue weighted by atomic mass is 9.98. The van der Waals surface area contributed by atoms with Crippen LogP contribution < -0.4 is 0 Å². The van der Waals surface area contributed by atoms with E-state index in [1.165, 1.54) is 12.1 Å². The Morgan fingerprint density at radius 1 is 1.00 bits per heavy atom. The van der Waals surface area contributed by atoms with Crippen molar-refractivity contribution < 1.29 is 23.1 Å². The summed E-state index contributed by atoms with van der Waals surface area (Å²) >= 11 is 0. The highest BCUT2D eigenvalue weighted by molar-refractivity contribution is 6.39. The van der Waals surface area contributed by atoms with Crippen molar-refractivity contribution in [1.82, 2.24) is 4.98 Å². The Morgan fingerprint density at radius 3 is 2.29 bits per heavy atom. The van der Waals surface area contributed by atoms with Crippen LogP contribution in [0.2, 0.25) is 0 Å². The van der Waals surface area contributed by atoms with E-state index in [4.69, 9.17) is 0 Å². The number of aromatic nitrogens is 1. The second-order valence-corrected chi connectivity index (χ2v) is 4.52. The van der Waals surface area contributed by atoms with Gasteiger partial charge in [0.05, 0.1) is 11.1 Å². The van der Waals surface area contributed by atoms with Gasteiger partial charge in [0.15, 0.2) is 5.78 Å². The normalized spacial score (nSPS) is 14.5. The standard InChI is InChI=1S/C15H8F3NO2/c16-15(17,18)11-7-19-6-5-10(11)12-13(20)8-3-1-2-4-9(8)14(12)21/h1-7,20H. The van der Waals surface area contributed by atoms with Crippen molar-refractivity contribution in [3.8, 4) is 0 Å². The molecule has 0 fully saturated rings. The van der Waals surface area contributed by atoms with Gasteiger partial charge in [-0.2, -0.15) is 13.2 Å². The zero-order valence-corrected chi connectivity index (χ0v) is 10.5. The number of hydrogen-bond acceptors (Lipinski definition) is 3. The van der Waals surface area contributed by atoms with Crippen molar-refractivity contribution in [1.29, 1.82) is 0 Å². The predicted octanol–water partition coefficient (Wildman–Crippen LogP) is 3.72. The lowest BCUT2D eigenvalue weighted by Crippen LogP contribution is -2.11. The van der Waals surface area contributed by atoms with Crippen LogP contribution in [-0.2, 0) is 6.18 Å². The van der Waals surface area contributed by atoms with E-state index in [2.05, 4.69) is 4.98 Å². The van der Waals surface area contributed by atoms with Crippen LogP contribution >= 0.6 is 0 Å². The molecule has 2 aromatic rings. The molecule has 3 rings (SSSR count). The van der Waals surface area contributed by atoms with E-state index in [1.54, 1.807) is 12.1 Å². The molecule has 0 bridgehead atoms. The van der Waals surface area contributed by atoms with Crippen LogP contribution in [0.4, 0.5) is 13.2 Å². The van der Waals surface area contributed by atoms with Crippen LogP contribution in [0.25, 0.3) is 11.3 Å². The van der Waals surface area contributed by atoms with E-state index in [0.717, 1.165) is 12.3 Å². The maximum Gasteiger partial charge on any atom is 0.418 e. The number of aliphatic hydroxyl groups excluding tert-OH is 1. The first-order valence-corrected chi connectivity index (χ1v) is 6.00. The molecule has 0 saturated heterocycles. The molecule has 0 spiro atoms. The summed E-state index contributed by atoms with van der Waals surface area (Å²) in [5, 5.41) is 10.1.